The lowest BCUT2D eigenvalue weighted by Crippen LogP contribution is -2.11. The van der Waals surface area contributed by atoms with Crippen LogP contribution in [0.15, 0.2) is 0 Å². The zero-order valence-electron chi connectivity index (χ0n) is 8.84. The minimum atomic E-state index is 0.538. The summed E-state index contributed by atoms with van der Waals surface area (Å²) in [6, 6.07) is 0. The summed E-state index contributed by atoms with van der Waals surface area (Å²) in [7, 11) is 0. The van der Waals surface area contributed by atoms with E-state index in [9.17, 15) is 0 Å². The number of aryl methyl sites for hydroxylation is 1. The third-order valence-corrected chi connectivity index (χ3v) is 3.42. The molecule has 1 aliphatic carbocycles. The Labute approximate surface area is 89.1 Å². The van der Waals surface area contributed by atoms with Gasteiger partial charge in [0.25, 0.3) is 0 Å². The molecule has 0 saturated heterocycles. The number of rotatable bonds is 5. The number of anilines is 1. The summed E-state index contributed by atoms with van der Waals surface area (Å²) in [5, 5.41) is 4.36. The highest BCUT2D eigenvalue weighted by atomic mass is 32.1. The topological polar surface area (TPSA) is 37.8 Å². The molecule has 0 spiro atoms. The van der Waals surface area contributed by atoms with Gasteiger partial charge in [-0.15, -0.1) is 0 Å². The van der Waals surface area contributed by atoms with Crippen molar-refractivity contribution in [2.75, 3.05) is 11.9 Å². The highest BCUT2D eigenvalue weighted by Gasteiger charge is 2.36. The third-order valence-electron chi connectivity index (χ3n) is 2.71. The molecule has 0 unspecified atom stereocenters. The van der Waals surface area contributed by atoms with E-state index in [0.717, 1.165) is 30.3 Å². The van der Waals surface area contributed by atoms with Crippen molar-refractivity contribution in [3.63, 3.8) is 0 Å². The van der Waals surface area contributed by atoms with Crippen LogP contribution in [0.1, 0.15) is 38.9 Å². The summed E-state index contributed by atoms with van der Waals surface area (Å²) in [6.07, 6.45) is 4.81. The Morgan fingerprint density at radius 3 is 2.93 bits per heavy atom. The van der Waals surface area contributed by atoms with Gasteiger partial charge in [0.1, 0.15) is 5.82 Å². The molecule has 0 radical (unpaired) electrons. The van der Waals surface area contributed by atoms with E-state index in [1.165, 1.54) is 24.4 Å². The summed E-state index contributed by atoms with van der Waals surface area (Å²) in [5.41, 5.74) is 0.538. The van der Waals surface area contributed by atoms with Crippen molar-refractivity contribution in [3.8, 4) is 0 Å². The van der Waals surface area contributed by atoms with Gasteiger partial charge in [0, 0.05) is 24.5 Å². The van der Waals surface area contributed by atoms with Crippen molar-refractivity contribution in [2.24, 2.45) is 5.41 Å². The molecule has 0 bridgehead atoms. The van der Waals surface area contributed by atoms with Gasteiger partial charge in [0.05, 0.1) is 0 Å². The Balaban J connectivity index is 1.83. The Kier molecular flexibility index (Phi) is 2.72. The molecule has 1 N–H and O–H groups in total. The van der Waals surface area contributed by atoms with E-state index < -0.39 is 0 Å². The van der Waals surface area contributed by atoms with Crippen molar-refractivity contribution in [2.45, 2.75) is 39.5 Å². The third kappa shape index (κ3) is 2.44. The van der Waals surface area contributed by atoms with Crippen molar-refractivity contribution in [3.05, 3.63) is 5.82 Å². The second-order valence-electron chi connectivity index (χ2n) is 4.43. The van der Waals surface area contributed by atoms with Gasteiger partial charge in [0.15, 0.2) is 0 Å². The van der Waals surface area contributed by atoms with Crippen molar-refractivity contribution in [1.82, 2.24) is 9.36 Å². The van der Waals surface area contributed by atoms with Crippen LogP contribution in [0.3, 0.4) is 0 Å². The maximum Gasteiger partial charge on any atom is 0.202 e. The number of nitrogens with zero attached hydrogens (tertiary/aromatic N) is 2. The first-order valence-electron chi connectivity index (χ1n) is 5.28. The molecule has 1 aromatic rings. The van der Waals surface area contributed by atoms with Gasteiger partial charge in [-0.05, 0) is 24.7 Å². The van der Waals surface area contributed by atoms with Gasteiger partial charge >= 0.3 is 0 Å². The Morgan fingerprint density at radius 1 is 1.50 bits per heavy atom. The molecule has 1 aromatic heterocycles. The number of hydrogen-bond acceptors (Lipinski definition) is 4. The maximum atomic E-state index is 4.43. The van der Waals surface area contributed by atoms with Crippen LogP contribution in [0.25, 0.3) is 0 Å². The number of hydrogen-bond donors (Lipinski definition) is 1. The van der Waals surface area contributed by atoms with E-state index >= 15 is 0 Å². The lowest BCUT2D eigenvalue weighted by Gasteiger charge is -2.07. The molecule has 1 fully saturated rings. The molecule has 0 aromatic carbocycles. The van der Waals surface area contributed by atoms with Gasteiger partial charge in [-0.1, -0.05) is 13.8 Å². The number of aromatic nitrogens is 2. The van der Waals surface area contributed by atoms with Crippen LogP contribution < -0.4 is 5.32 Å². The molecule has 1 aliphatic rings. The summed E-state index contributed by atoms with van der Waals surface area (Å²) in [6.45, 7) is 5.51. The summed E-state index contributed by atoms with van der Waals surface area (Å²) >= 11 is 1.49. The number of nitrogens with one attached hydrogen (secondary N) is 1. The van der Waals surface area contributed by atoms with Crippen LogP contribution in [-0.4, -0.2) is 15.9 Å². The standard InChI is InChI=1S/C10H17N3S/c1-3-4-8-12-9(14-13-8)11-7-10(2)5-6-10/h3-7H2,1-2H3,(H,11,12,13). The molecule has 0 atom stereocenters. The lowest BCUT2D eigenvalue weighted by molar-refractivity contribution is 0.610. The van der Waals surface area contributed by atoms with E-state index in [4.69, 9.17) is 0 Å². The average molecular weight is 211 g/mol. The quantitative estimate of drug-likeness (QED) is 0.813. The summed E-state index contributed by atoms with van der Waals surface area (Å²) in [4.78, 5) is 4.43. The molecule has 2 rings (SSSR count). The van der Waals surface area contributed by atoms with Gasteiger partial charge < -0.3 is 5.32 Å². The fourth-order valence-electron chi connectivity index (χ4n) is 1.33. The Hall–Kier alpha value is -0.640. The molecule has 14 heavy (non-hydrogen) atoms. The van der Waals surface area contributed by atoms with Gasteiger partial charge in [-0.25, -0.2) is 4.98 Å². The zero-order valence-corrected chi connectivity index (χ0v) is 9.65. The van der Waals surface area contributed by atoms with Crippen molar-refractivity contribution < 1.29 is 0 Å². The SMILES string of the molecule is CCCc1nsc(NCC2(C)CC2)n1. The maximum absolute atomic E-state index is 4.43. The zero-order chi connectivity index (χ0) is 10.0. The van der Waals surface area contributed by atoms with Crippen LogP contribution >= 0.6 is 11.5 Å². The second kappa shape index (κ2) is 3.85. The normalized spacial score (nSPS) is 18.1. The predicted octanol–water partition coefficient (Wildman–Crippen LogP) is 2.70. The minimum Gasteiger partial charge on any atom is -0.360 e. The lowest BCUT2D eigenvalue weighted by atomic mass is 10.1. The molecule has 78 valence electrons. The van der Waals surface area contributed by atoms with Crippen LogP contribution in [-0.2, 0) is 6.42 Å². The average Bonchev–Trinajstić information content (AvgIpc) is 2.74. The molecule has 1 heterocycles. The van der Waals surface area contributed by atoms with E-state index in [2.05, 4.69) is 28.5 Å². The van der Waals surface area contributed by atoms with Gasteiger partial charge in [-0.2, -0.15) is 4.37 Å². The first-order valence-corrected chi connectivity index (χ1v) is 6.06. The monoisotopic (exact) mass is 211 g/mol. The van der Waals surface area contributed by atoms with Crippen LogP contribution in [0.4, 0.5) is 5.13 Å². The van der Waals surface area contributed by atoms with Crippen molar-refractivity contribution >= 4 is 16.7 Å². The highest BCUT2D eigenvalue weighted by Crippen LogP contribution is 2.44. The minimum absolute atomic E-state index is 0.538. The summed E-state index contributed by atoms with van der Waals surface area (Å²) < 4.78 is 4.30. The largest absolute Gasteiger partial charge is 0.360 e. The van der Waals surface area contributed by atoms with Gasteiger partial charge in [0.2, 0.25) is 5.13 Å². The fourth-order valence-corrected chi connectivity index (χ4v) is 1.94. The molecule has 4 heteroatoms. The second-order valence-corrected chi connectivity index (χ2v) is 5.18. The van der Waals surface area contributed by atoms with E-state index in [1.54, 1.807) is 0 Å². The van der Waals surface area contributed by atoms with Gasteiger partial charge in [-0.3, -0.25) is 0 Å². The van der Waals surface area contributed by atoms with Crippen LogP contribution in [0, 0.1) is 5.41 Å². The first kappa shape index (κ1) is 9.90. The molecule has 0 aliphatic heterocycles. The summed E-state index contributed by atoms with van der Waals surface area (Å²) in [5.74, 6) is 0.987. The van der Waals surface area contributed by atoms with Crippen LogP contribution in [0.5, 0.6) is 0 Å². The molecule has 0 amide bonds. The van der Waals surface area contributed by atoms with Crippen LogP contribution in [0.2, 0.25) is 0 Å². The smallest absolute Gasteiger partial charge is 0.202 e. The Morgan fingerprint density at radius 2 is 2.29 bits per heavy atom. The molecular formula is C10H17N3S. The Bertz CT molecular complexity index is 304. The van der Waals surface area contributed by atoms with Crippen molar-refractivity contribution in [1.29, 1.82) is 0 Å². The first-order chi connectivity index (χ1) is 6.72. The molecule has 3 nitrogen and oxygen atoms in total. The van der Waals surface area contributed by atoms with E-state index in [0.29, 0.717) is 5.41 Å². The highest BCUT2D eigenvalue weighted by molar-refractivity contribution is 7.09. The molecular weight excluding hydrogens is 194 g/mol. The fraction of sp³-hybridized carbons (Fsp3) is 0.800. The molecule has 1 saturated carbocycles. The van der Waals surface area contributed by atoms with E-state index in [-0.39, 0.29) is 0 Å². The predicted molar refractivity (Wildman–Crippen MR) is 59.7 cm³/mol. The van der Waals surface area contributed by atoms with E-state index in [1.807, 2.05) is 0 Å².